The average Bonchev–Trinajstić information content (AvgIpc) is 2.51. The number of aryl methyl sites for hydroxylation is 1. The standard InChI is InChI=1S/C16H22O3/c1-16(2,10-14(18)19)15-12-7-5-3-4-6-11(12)8-9-13(15)17/h8-9,17H,3-7,10H2,1-2H3,(H,18,19). The third-order valence-corrected chi connectivity index (χ3v) is 4.03. The summed E-state index contributed by atoms with van der Waals surface area (Å²) in [5.41, 5.74) is 2.77. The van der Waals surface area contributed by atoms with Gasteiger partial charge in [-0.25, -0.2) is 0 Å². The van der Waals surface area contributed by atoms with Crippen LogP contribution >= 0.6 is 0 Å². The highest BCUT2D eigenvalue weighted by Crippen LogP contribution is 2.40. The Bertz CT molecular complexity index is 489. The Balaban J connectivity index is 2.52. The number of fused-ring (bicyclic) bond motifs is 1. The van der Waals surface area contributed by atoms with Crippen molar-refractivity contribution in [3.63, 3.8) is 0 Å². The number of carboxylic acid groups (broad SMARTS) is 1. The van der Waals surface area contributed by atoms with Gasteiger partial charge in [-0.1, -0.05) is 26.3 Å². The lowest BCUT2D eigenvalue weighted by molar-refractivity contribution is -0.138. The van der Waals surface area contributed by atoms with Crippen molar-refractivity contribution in [2.24, 2.45) is 0 Å². The van der Waals surface area contributed by atoms with E-state index in [4.69, 9.17) is 5.11 Å². The minimum atomic E-state index is -0.823. The van der Waals surface area contributed by atoms with E-state index >= 15 is 0 Å². The van der Waals surface area contributed by atoms with E-state index in [2.05, 4.69) is 0 Å². The van der Waals surface area contributed by atoms with E-state index in [1.165, 1.54) is 24.0 Å². The van der Waals surface area contributed by atoms with E-state index in [1.807, 2.05) is 19.9 Å². The maximum absolute atomic E-state index is 11.1. The van der Waals surface area contributed by atoms with Gasteiger partial charge in [-0.2, -0.15) is 0 Å². The summed E-state index contributed by atoms with van der Waals surface area (Å²) in [6.07, 6.45) is 5.52. The van der Waals surface area contributed by atoms with E-state index in [0.717, 1.165) is 24.8 Å². The van der Waals surface area contributed by atoms with E-state index in [9.17, 15) is 9.90 Å². The maximum atomic E-state index is 11.1. The zero-order valence-corrected chi connectivity index (χ0v) is 11.7. The van der Waals surface area contributed by atoms with Crippen LogP contribution in [0.25, 0.3) is 0 Å². The summed E-state index contributed by atoms with van der Waals surface area (Å²) in [5, 5.41) is 19.3. The molecule has 1 aromatic rings. The fourth-order valence-electron chi connectivity index (χ4n) is 3.21. The van der Waals surface area contributed by atoms with E-state index in [-0.39, 0.29) is 12.2 Å². The van der Waals surface area contributed by atoms with Gasteiger partial charge in [0.15, 0.2) is 0 Å². The van der Waals surface area contributed by atoms with E-state index in [1.54, 1.807) is 6.07 Å². The first-order valence-corrected chi connectivity index (χ1v) is 6.98. The Morgan fingerprint density at radius 3 is 2.58 bits per heavy atom. The zero-order chi connectivity index (χ0) is 14.0. The van der Waals surface area contributed by atoms with Crippen molar-refractivity contribution >= 4 is 5.97 Å². The van der Waals surface area contributed by atoms with Crippen LogP contribution in [0.4, 0.5) is 0 Å². The molecule has 0 radical (unpaired) electrons. The predicted molar refractivity (Wildman–Crippen MR) is 74.6 cm³/mol. The fraction of sp³-hybridized carbons (Fsp3) is 0.562. The van der Waals surface area contributed by atoms with E-state index < -0.39 is 11.4 Å². The predicted octanol–water partition coefficient (Wildman–Crippen LogP) is 3.41. The van der Waals surface area contributed by atoms with Crippen LogP contribution in [0.2, 0.25) is 0 Å². The largest absolute Gasteiger partial charge is 0.508 e. The lowest BCUT2D eigenvalue weighted by atomic mass is 9.76. The number of carboxylic acids is 1. The molecule has 2 N–H and O–H groups in total. The van der Waals surface area contributed by atoms with Gasteiger partial charge in [0, 0.05) is 11.0 Å². The molecule has 0 atom stereocenters. The number of phenolic OH excluding ortho intramolecular Hbond substituents is 1. The summed E-state index contributed by atoms with van der Waals surface area (Å²) >= 11 is 0. The minimum absolute atomic E-state index is 0.0387. The molecule has 0 amide bonds. The minimum Gasteiger partial charge on any atom is -0.508 e. The lowest BCUT2D eigenvalue weighted by Gasteiger charge is -2.28. The Kier molecular flexibility index (Phi) is 3.83. The summed E-state index contributed by atoms with van der Waals surface area (Å²) in [4.78, 5) is 11.1. The van der Waals surface area contributed by atoms with Crippen molar-refractivity contribution < 1.29 is 15.0 Å². The number of aromatic hydroxyl groups is 1. The van der Waals surface area contributed by atoms with Gasteiger partial charge in [-0.15, -0.1) is 0 Å². The molecule has 0 spiro atoms. The van der Waals surface area contributed by atoms with Crippen molar-refractivity contribution in [1.29, 1.82) is 0 Å². The molecule has 104 valence electrons. The van der Waals surface area contributed by atoms with Gasteiger partial charge in [0.05, 0.1) is 6.42 Å². The van der Waals surface area contributed by atoms with Gasteiger partial charge < -0.3 is 10.2 Å². The number of benzene rings is 1. The quantitative estimate of drug-likeness (QED) is 0.821. The maximum Gasteiger partial charge on any atom is 0.304 e. The average molecular weight is 262 g/mol. The first-order valence-electron chi connectivity index (χ1n) is 6.98. The van der Waals surface area contributed by atoms with Gasteiger partial charge in [0.1, 0.15) is 5.75 Å². The molecule has 3 nitrogen and oxygen atoms in total. The Morgan fingerprint density at radius 2 is 1.89 bits per heavy atom. The molecule has 0 aromatic heterocycles. The molecular formula is C16H22O3. The van der Waals surface area contributed by atoms with Crippen molar-refractivity contribution in [2.75, 3.05) is 0 Å². The summed E-state index contributed by atoms with van der Waals surface area (Å²) in [5.74, 6) is -0.581. The van der Waals surface area contributed by atoms with Crippen LogP contribution < -0.4 is 0 Å². The van der Waals surface area contributed by atoms with E-state index in [0.29, 0.717) is 0 Å². The molecule has 0 bridgehead atoms. The van der Waals surface area contributed by atoms with Crippen LogP contribution in [0.1, 0.15) is 56.2 Å². The molecule has 0 saturated carbocycles. The summed E-state index contributed by atoms with van der Waals surface area (Å²) in [6.45, 7) is 3.81. The Hall–Kier alpha value is -1.51. The van der Waals surface area contributed by atoms with Crippen LogP contribution in [0, 0.1) is 0 Å². The van der Waals surface area contributed by atoms with Gasteiger partial charge in [0.2, 0.25) is 0 Å². The SMILES string of the molecule is CC(C)(CC(=O)O)c1c(O)ccc2c1CCCCC2. The fourth-order valence-corrected chi connectivity index (χ4v) is 3.21. The number of phenols is 1. The number of aliphatic carboxylic acids is 1. The molecule has 0 aliphatic heterocycles. The summed E-state index contributed by atoms with van der Waals surface area (Å²) in [7, 11) is 0. The van der Waals surface area contributed by atoms with Crippen LogP contribution in [0.15, 0.2) is 12.1 Å². The Morgan fingerprint density at radius 1 is 1.21 bits per heavy atom. The molecule has 2 rings (SSSR count). The second-order valence-electron chi connectivity index (χ2n) is 6.11. The molecule has 0 unspecified atom stereocenters. The van der Waals surface area contributed by atoms with Gasteiger partial charge in [0.25, 0.3) is 0 Å². The van der Waals surface area contributed by atoms with Crippen LogP contribution in [0.3, 0.4) is 0 Å². The molecule has 1 aromatic carbocycles. The highest BCUT2D eigenvalue weighted by molar-refractivity contribution is 5.69. The van der Waals surface area contributed by atoms with Gasteiger partial charge in [-0.3, -0.25) is 4.79 Å². The zero-order valence-electron chi connectivity index (χ0n) is 11.7. The van der Waals surface area contributed by atoms with Gasteiger partial charge in [-0.05, 0) is 42.9 Å². The molecule has 0 saturated heterocycles. The third kappa shape index (κ3) is 2.91. The molecular weight excluding hydrogens is 240 g/mol. The normalized spacial score (nSPS) is 15.7. The molecule has 3 heteroatoms. The molecule has 0 heterocycles. The second kappa shape index (κ2) is 5.24. The summed E-state index contributed by atoms with van der Waals surface area (Å²) < 4.78 is 0. The molecule has 1 aliphatic rings. The smallest absolute Gasteiger partial charge is 0.304 e. The first kappa shape index (κ1) is 13.9. The number of carbonyl (C=O) groups is 1. The molecule has 1 aliphatic carbocycles. The topological polar surface area (TPSA) is 57.5 Å². The highest BCUT2D eigenvalue weighted by atomic mass is 16.4. The van der Waals surface area contributed by atoms with Crippen molar-refractivity contribution in [1.82, 2.24) is 0 Å². The van der Waals surface area contributed by atoms with Crippen molar-refractivity contribution in [3.05, 3.63) is 28.8 Å². The van der Waals surface area contributed by atoms with Crippen LogP contribution in [-0.4, -0.2) is 16.2 Å². The highest BCUT2D eigenvalue weighted by Gasteiger charge is 2.31. The van der Waals surface area contributed by atoms with Crippen LogP contribution in [-0.2, 0) is 23.1 Å². The molecule has 19 heavy (non-hydrogen) atoms. The lowest BCUT2D eigenvalue weighted by Crippen LogP contribution is -2.24. The second-order valence-corrected chi connectivity index (χ2v) is 6.11. The number of rotatable bonds is 3. The van der Waals surface area contributed by atoms with Crippen LogP contribution in [0.5, 0.6) is 5.75 Å². The number of hydrogen-bond donors (Lipinski definition) is 2. The summed E-state index contributed by atoms with van der Waals surface area (Å²) in [6, 6.07) is 3.72. The Labute approximate surface area is 114 Å². The third-order valence-electron chi connectivity index (χ3n) is 4.03. The first-order chi connectivity index (χ1) is 8.92. The monoisotopic (exact) mass is 262 g/mol. The molecule has 0 fully saturated rings. The van der Waals surface area contributed by atoms with Crippen molar-refractivity contribution in [3.8, 4) is 5.75 Å². The van der Waals surface area contributed by atoms with Crippen molar-refractivity contribution in [2.45, 2.75) is 57.8 Å². The van der Waals surface area contributed by atoms with Gasteiger partial charge >= 0.3 is 5.97 Å². The number of hydrogen-bond acceptors (Lipinski definition) is 2.